The maximum atomic E-state index is 8.49. The van der Waals surface area contributed by atoms with Crippen LogP contribution >= 0.6 is 0 Å². The average Bonchev–Trinajstić information content (AvgIpc) is 2.44. The Labute approximate surface area is 108 Å². The highest BCUT2D eigenvalue weighted by Gasteiger charge is 2.05. The van der Waals surface area contributed by atoms with Gasteiger partial charge in [0.2, 0.25) is 0 Å². The number of para-hydroxylation sites is 2. The van der Waals surface area contributed by atoms with Gasteiger partial charge in [-0.2, -0.15) is 0 Å². The zero-order chi connectivity index (χ0) is 13.5. The third-order valence-electron chi connectivity index (χ3n) is 2.26. The molecular weight excluding hydrogens is 244 g/mol. The normalized spacial score (nSPS) is 9.05. The number of benzene rings is 2. The molecule has 2 aromatic rings. The van der Waals surface area contributed by atoms with Gasteiger partial charge >= 0.3 is 0 Å². The van der Waals surface area contributed by atoms with Gasteiger partial charge < -0.3 is 4.74 Å². The van der Waals surface area contributed by atoms with E-state index >= 15 is 0 Å². The molecule has 0 fully saturated rings. The maximum absolute atomic E-state index is 8.49. The summed E-state index contributed by atoms with van der Waals surface area (Å²) in [5, 5.41) is 7.06. The van der Waals surface area contributed by atoms with Gasteiger partial charge in [0.25, 0.3) is 0 Å². The molecule has 0 aromatic heterocycles. The first-order valence-corrected chi connectivity index (χ1v) is 5.31. The van der Waals surface area contributed by atoms with Gasteiger partial charge in [-0.3, -0.25) is 0 Å². The minimum absolute atomic E-state index is 0.362. The quantitative estimate of drug-likeness (QED) is 0.407. The van der Waals surface area contributed by atoms with E-state index in [1.54, 1.807) is 48.5 Å². The van der Waals surface area contributed by atoms with Crippen LogP contribution in [0.15, 0.2) is 58.8 Å². The summed E-state index contributed by atoms with van der Waals surface area (Å²) in [5.74, 6) is 0.779. The lowest BCUT2D eigenvalue weighted by Crippen LogP contribution is -1.84. The van der Waals surface area contributed by atoms with Crippen LogP contribution in [0.5, 0.6) is 11.5 Å². The van der Waals surface area contributed by atoms with Gasteiger partial charge in [-0.05, 0) is 35.3 Å². The van der Waals surface area contributed by atoms with Crippen molar-refractivity contribution < 1.29 is 4.74 Å². The topological polar surface area (TPSA) is 107 Å². The van der Waals surface area contributed by atoms with Crippen LogP contribution in [0, 0.1) is 0 Å². The van der Waals surface area contributed by atoms with Crippen LogP contribution in [0.4, 0.5) is 11.4 Å². The van der Waals surface area contributed by atoms with E-state index in [0.29, 0.717) is 22.9 Å². The van der Waals surface area contributed by atoms with Crippen molar-refractivity contribution in [1.82, 2.24) is 0 Å². The van der Waals surface area contributed by atoms with Gasteiger partial charge in [0, 0.05) is 9.82 Å². The predicted molar refractivity (Wildman–Crippen MR) is 70.6 cm³/mol. The molecule has 0 heterocycles. The summed E-state index contributed by atoms with van der Waals surface area (Å²) >= 11 is 0. The number of rotatable bonds is 4. The smallest absolute Gasteiger partial charge is 0.137 e. The van der Waals surface area contributed by atoms with Crippen LogP contribution < -0.4 is 4.74 Å². The highest BCUT2D eigenvalue weighted by Crippen LogP contribution is 2.36. The van der Waals surface area contributed by atoms with Crippen LogP contribution in [-0.4, -0.2) is 0 Å². The molecule has 2 aromatic carbocycles. The molecule has 0 N–H and O–H groups in total. The fraction of sp³-hybridized carbons (Fsp3) is 0. The summed E-state index contributed by atoms with van der Waals surface area (Å²) < 4.78 is 5.62. The summed E-state index contributed by atoms with van der Waals surface area (Å²) in [6, 6.07) is 13.6. The zero-order valence-electron chi connectivity index (χ0n) is 9.71. The Kier molecular flexibility index (Phi) is 3.87. The molecule has 0 bridgehead atoms. The molecule has 7 heteroatoms. The number of hydrogen-bond donors (Lipinski definition) is 0. The third kappa shape index (κ3) is 2.95. The van der Waals surface area contributed by atoms with E-state index < -0.39 is 0 Å². The van der Waals surface area contributed by atoms with Crippen LogP contribution in [0.25, 0.3) is 20.9 Å². The number of hydrogen-bond acceptors (Lipinski definition) is 3. The molecule has 19 heavy (non-hydrogen) atoms. The molecular formula is C12H8N6O. The first-order valence-electron chi connectivity index (χ1n) is 5.31. The molecule has 0 saturated heterocycles. The molecule has 0 amide bonds. The summed E-state index contributed by atoms with van der Waals surface area (Å²) in [6.07, 6.45) is 0. The van der Waals surface area contributed by atoms with E-state index in [9.17, 15) is 0 Å². The lowest BCUT2D eigenvalue weighted by atomic mass is 10.3. The number of azide groups is 2. The van der Waals surface area contributed by atoms with Gasteiger partial charge in [0.15, 0.2) is 0 Å². The van der Waals surface area contributed by atoms with Gasteiger partial charge in [0.1, 0.15) is 11.5 Å². The molecule has 0 aliphatic heterocycles. The summed E-state index contributed by atoms with van der Waals surface area (Å²) in [5.41, 5.74) is 17.7. The molecule has 0 unspecified atom stereocenters. The van der Waals surface area contributed by atoms with Crippen molar-refractivity contribution in [2.75, 3.05) is 0 Å². The van der Waals surface area contributed by atoms with E-state index in [1.807, 2.05) is 0 Å². The van der Waals surface area contributed by atoms with Gasteiger partial charge in [-0.25, -0.2) is 0 Å². The Morgan fingerprint density at radius 3 is 1.58 bits per heavy atom. The Morgan fingerprint density at radius 2 is 1.16 bits per heavy atom. The second-order valence-corrected chi connectivity index (χ2v) is 3.42. The lowest BCUT2D eigenvalue weighted by Gasteiger charge is -2.09. The van der Waals surface area contributed by atoms with Crippen molar-refractivity contribution in [1.29, 1.82) is 0 Å². The Balaban J connectivity index is 2.41. The van der Waals surface area contributed by atoms with Gasteiger partial charge in [-0.15, -0.1) is 0 Å². The third-order valence-corrected chi connectivity index (χ3v) is 2.26. The van der Waals surface area contributed by atoms with Gasteiger partial charge in [-0.1, -0.05) is 34.5 Å². The molecule has 0 aliphatic carbocycles. The number of ether oxygens (including phenoxy) is 1. The Bertz CT molecular complexity index is 627. The standard InChI is InChI=1S/C12H8N6O/c13-17-15-9-5-1-3-7-11(9)19-12-8-4-2-6-10(12)16-18-14/h1-8H. The predicted octanol–water partition coefficient (Wildman–Crippen LogP) is 5.36. The van der Waals surface area contributed by atoms with Crippen molar-refractivity contribution in [3.8, 4) is 11.5 Å². The van der Waals surface area contributed by atoms with Crippen molar-refractivity contribution in [2.24, 2.45) is 10.2 Å². The summed E-state index contributed by atoms with van der Waals surface area (Å²) in [6.45, 7) is 0. The fourth-order valence-electron chi connectivity index (χ4n) is 1.47. The van der Waals surface area contributed by atoms with Crippen LogP contribution in [0.2, 0.25) is 0 Å². The molecule has 7 nitrogen and oxygen atoms in total. The van der Waals surface area contributed by atoms with Crippen LogP contribution in [0.1, 0.15) is 0 Å². The fourth-order valence-corrected chi connectivity index (χ4v) is 1.47. The largest absolute Gasteiger partial charge is 0.456 e. The second kappa shape index (κ2) is 5.97. The summed E-state index contributed by atoms with van der Waals surface area (Å²) in [7, 11) is 0. The van der Waals surface area contributed by atoms with E-state index in [2.05, 4.69) is 20.1 Å². The van der Waals surface area contributed by atoms with Gasteiger partial charge in [0.05, 0.1) is 11.4 Å². The minimum atomic E-state index is 0.362. The highest BCUT2D eigenvalue weighted by atomic mass is 16.5. The molecule has 0 atom stereocenters. The lowest BCUT2D eigenvalue weighted by molar-refractivity contribution is 0.485. The van der Waals surface area contributed by atoms with E-state index in [1.165, 1.54) is 0 Å². The van der Waals surface area contributed by atoms with Crippen LogP contribution in [0.3, 0.4) is 0 Å². The molecule has 0 radical (unpaired) electrons. The summed E-state index contributed by atoms with van der Waals surface area (Å²) in [4.78, 5) is 5.46. The first-order chi connectivity index (χ1) is 9.35. The van der Waals surface area contributed by atoms with E-state index in [0.717, 1.165) is 0 Å². The molecule has 92 valence electrons. The molecule has 0 saturated carbocycles. The van der Waals surface area contributed by atoms with Crippen molar-refractivity contribution >= 4 is 11.4 Å². The maximum Gasteiger partial charge on any atom is 0.137 e. The van der Waals surface area contributed by atoms with Crippen molar-refractivity contribution in [3.63, 3.8) is 0 Å². The average molecular weight is 252 g/mol. The highest BCUT2D eigenvalue weighted by molar-refractivity contribution is 5.57. The molecule has 0 aliphatic rings. The van der Waals surface area contributed by atoms with Crippen molar-refractivity contribution in [2.45, 2.75) is 0 Å². The van der Waals surface area contributed by atoms with Crippen molar-refractivity contribution in [3.05, 3.63) is 69.4 Å². The zero-order valence-corrected chi connectivity index (χ0v) is 9.71. The Morgan fingerprint density at radius 1 is 0.737 bits per heavy atom. The molecule has 0 spiro atoms. The monoisotopic (exact) mass is 252 g/mol. The molecule has 2 rings (SSSR count). The van der Waals surface area contributed by atoms with Crippen LogP contribution in [-0.2, 0) is 0 Å². The first kappa shape index (κ1) is 12.3. The SMILES string of the molecule is [N-]=[N+]=Nc1ccccc1Oc1ccccc1N=[N+]=[N-]. The van der Waals surface area contributed by atoms with E-state index in [4.69, 9.17) is 15.8 Å². The minimum Gasteiger partial charge on any atom is -0.456 e. The number of nitrogens with zero attached hydrogens (tertiary/aromatic N) is 6. The second-order valence-electron chi connectivity index (χ2n) is 3.42. The Hall–Kier alpha value is -3.14. The van der Waals surface area contributed by atoms with E-state index in [-0.39, 0.29) is 0 Å².